The van der Waals surface area contributed by atoms with E-state index in [4.69, 9.17) is 0 Å². The lowest BCUT2D eigenvalue weighted by atomic mass is 10.1. The third kappa shape index (κ3) is 3.26. The molecule has 0 aromatic carbocycles. The van der Waals surface area contributed by atoms with E-state index in [-0.39, 0.29) is 23.9 Å². The molecule has 1 N–H and O–H groups in total. The van der Waals surface area contributed by atoms with Gasteiger partial charge in [-0.1, -0.05) is 6.92 Å². The van der Waals surface area contributed by atoms with Crippen molar-refractivity contribution in [3.05, 3.63) is 17.5 Å². The second-order valence-corrected chi connectivity index (χ2v) is 7.53. The normalized spacial score (nSPS) is 24.3. The van der Waals surface area contributed by atoms with E-state index in [9.17, 15) is 4.79 Å². The molecule has 5 nitrogen and oxygen atoms in total. The lowest BCUT2D eigenvalue weighted by Crippen LogP contribution is -2.42. The zero-order valence-corrected chi connectivity index (χ0v) is 15.4. The lowest BCUT2D eigenvalue weighted by molar-refractivity contribution is 0.0679. The Labute approximate surface area is 145 Å². The highest BCUT2D eigenvalue weighted by Gasteiger charge is 2.39. The summed E-state index contributed by atoms with van der Waals surface area (Å²) in [5.41, 5.74) is 1.77. The van der Waals surface area contributed by atoms with Crippen molar-refractivity contribution in [2.24, 2.45) is 0 Å². The molecule has 3 rings (SSSR count). The number of nitrogens with zero attached hydrogens (tertiary/aromatic N) is 3. The molecule has 2 fully saturated rings. The van der Waals surface area contributed by atoms with Crippen molar-refractivity contribution in [3.8, 4) is 0 Å². The van der Waals surface area contributed by atoms with Gasteiger partial charge in [0.05, 0.1) is 23.0 Å². The molecule has 0 spiro atoms. The van der Waals surface area contributed by atoms with E-state index in [2.05, 4.69) is 43.0 Å². The highest BCUT2D eigenvalue weighted by atomic mass is 35.5. The van der Waals surface area contributed by atoms with E-state index in [1.807, 2.05) is 4.68 Å². The van der Waals surface area contributed by atoms with Crippen LogP contribution in [0.2, 0.25) is 0 Å². The highest BCUT2D eigenvalue weighted by Crippen LogP contribution is 2.31. The standard InChI is InChI=1S/C17H28N4O.ClH/c1-5-15-14(11-19-21(15)17(2,3)4)16(22)20-12-6-7-13(20)10-18-9-8-12;/h11-13,18H,5-10H2,1-4H3;1H. The Bertz CT molecular complexity index is 549. The van der Waals surface area contributed by atoms with Crippen LogP contribution in [-0.2, 0) is 12.0 Å². The minimum absolute atomic E-state index is 0. The fraction of sp³-hybridized carbons (Fsp3) is 0.765. The molecular formula is C17H29ClN4O. The Morgan fingerprint density at radius 3 is 2.65 bits per heavy atom. The number of aromatic nitrogens is 2. The average molecular weight is 341 g/mol. The highest BCUT2D eigenvalue weighted by molar-refractivity contribution is 5.95. The SMILES string of the molecule is CCc1c(C(=O)N2C3CCNCC2CC3)cnn1C(C)(C)C.Cl. The first kappa shape index (κ1) is 18.3. The van der Waals surface area contributed by atoms with Crippen LogP contribution >= 0.6 is 12.4 Å². The van der Waals surface area contributed by atoms with Crippen molar-refractivity contribution in [2.45, 2.75) is 71.0 Å². The molecular weight excluding hydrogens is 312 g/mol. The van der Waals surface area contributed by atoms with Gasteiger partial charge in [0, 0.05) is 18.6 Å². The molecule has 0 saturated carbocycles. The molecule has 2 saturated heterocycles. The number of halogens is 1. The largest absolute Gasteiger partial charge is 0.331 e. The van der Waals surface area contributed by atoms with Crippen LogP contribution in [-0.4, -0.2) is 45.8 Å². The minimum atomic E-state index is -0.0940. The molecule has 23 heavy (non-hydrogen) atoms. The number of nitrogens with one attached hydrogen (secondary N) is 1. The Kier molecular flexibility index (Phi) is 5.41. The Morgan fingerprint density at radius 1 is 1.30 bits per heavy atom. The van der Waals surface area contributed by atoms with Gasteiger partial charge in [-0.3, -0.25) is 9.48 Å². The lowest BCUT2D eigenvalue weighted by Gasteiger charge is -2.28. The monoisotopic (exact) mass is 340 g/mol. The van der Waals surface area contributed by atoms with Crippen molar-refractivity contribution in [3.63, 3.8) is 0 Å². The van der Waals surface area contributed by atoms with E-state index in [1.165, 1.54) is 0 Å². The van der Waals surface area contributed by atoms with Gasteiger partial charge in [-0.2, -0.15) is 5.10 Å². The van der Waals surface area contributed by atoms with Crippen LogP contribution in [0.15, 0.2) is 6.20 Å². The summed E-state index contributed by atoms with van der Waals surface area (Å²) in [6.45, 7) is 10.4. The van der Waals surface area contributed by atoms with E-state index >= 15 is 0 Å². The van der Waals surface area contributed by atoms with Crippen molar-refractivity contribution >= 4 is 18.3 Å². The maximum Gasteiger partial charge on any atom is 0.257 e. The van der Waals surface area contributed by atoms with E-state index in [0.29, 0.717) is 12.1 Å². The number of fused-ring (bicyclic) bond motifs is 2. The molecule has 2 atom stereocenters. The van der Waals surface area contributed by atoms with Crippen LogP contribution in [0.4, 0.5) is 0 Å². The summed E-state index contributed by atoms with van der Waals surface area (Å²) >= 11 is 0. The van der Waals surface area contributed by atoms with E-state index in [1.54, 1.807) is 6.20 Å². The maximum atomic E-state index is 13.2. The van der Waals surface area contributed by atoms with Crippen LogP contribution < -0.4 is 5.32 Å². The van der Waals surface area contributed by atoms with Gasteiger partial charge in [0.2, 0.25) is 0 Å². The summed E-state index contributed by atoms with van der Waals surface area (Å²) in [6.07, 6.45) is 5.95. The van der Waals surface area contributed by atoms with Gasteiger partial charge in [-0.05, 0) is 53.0 Å². The molecule has 0 radical (unpaired) electrons. The van der Waals surface area contributed by atoms with E-state index in [0.717, 1.165) is 50.0 Å². The van der Waals surface area contributed by atoms with Gasteiger partial charge < -0.3 is 10.2 Å². The van der Waals surface area contributed by atoms with Crippen molar-refractivity contribution in [1.82, 2.24) is 20.0 Å². The molecule has 1 aromatic rings. The molecule has 2 bridgehead atoms. The molecule has 2 aliphatic rings. The molecule has 2 unspecified atom stereocenters. The van der Waals surface area contributed by atoms with Crippen molar-refractivity contribution in [2.75, 3.05) is 13.1 Å². The molecule has 6 heteroatoms. The van der Waals surface area contributed by atoms with Gasteiger partial charge in [-0.25, -0.2) is 0 Å². The summed E-state index contributed by atoms with van der Waals surface area (Å²) in [7, 11) is 0. The third-order valence-electron chi connectivity index (χ3n) is 4.96. The molecule has 1 amide bonds. The Balaban J connectivity index is 0.00000192. The molecule has 3 heterocycles. The molecule has 130 valence electrons. The summed E-state index contributed by atoms with van der Waals surface area (Å²) in [5.74, 6) is 0.184. The predicted molar refractivity (Wildman–Crippen MR) is 94.3 cm³/mol. The zero-order valence-electron chi connectivity index (χ0n) is 14.6. The van der Waals surface area contributed by atoms with Crippen LogP contribution in [0.3, 0.4) is 0 Å². The van der Waals surface area contributed by atoms with Crippen LogP contribution in [0.5, 0.6) is 0 Å². The fourth-order valence-corrected chi connectivity index (χ4v) is 3.92. The third-order valence-corrected chi connectivity index (χ3v) is 4.96. The van der Waals surface area contributed by atoms with Gasteiger partial charge >= 0.3 is 0 Å². The van der Waals surface area contributed by atoms with Crippen LogP contribution in [0, 0.1) is 0 Å². The summed E-state index contributed by atoms with van der Waals surface area (Å²) < 4.78 is 2.01. The second-order valence-electron chi connectivity index (χ2n) is 7.53. The van der Waals surface area contributed by atoms with E-state index < -0.39 is 0 Å². The number of hydrogen-bond acceptors (Lipinski definition) is 3. The quantitative estimate of drug-likeness (QED) is 0.900. The first-order chi connectivity index (χ1) is 10.4. The summed E-state index contributed by atoms with van der Waals surface area (Å²) in [4.78, 5) is 15.3. The Morgan fingerprint density at radius 2 is 2.00 bits per heavy atom. The number of carbonyl (C=O) groups excluding carboxylic acids is 1. The minimum Gasteiger partial charge on any atom is -0.331 e. The van der Waals surface area contributed by atoms with Gasteiger partial charge in [0.15, 0.2) is 0 Å². The fourth-order valence-electron chi connectivity index (χ4n) is 3.92. The average Bonchev–Trinajstić information content (AvgIpc) is 2.97. The second kappa shape index (κ2) is 6.81. The van der Waals surface area contributed by atoms with Gasteiger partial charge in [0.1, 0.15) is 0 Å². The van der Waals surface area contributed by atoms with Crippen LogP contribution in [0.25, 0.3) is 0 Å². The maximum absolute atomic E-state index is 13.2. The zero-order chi connectivity index (χ0) is 15.9. The Hall–Kier alpha value is -1.07. The van der Waals surface area contributed by atoms with Crippen molar-refractivity contribution < 1.29 is 4.79 Å². The van der Waals surface area contributed by atoms with Gasteiger partial charge in [0.25, 0.3) is 5.91 Å². The first-order valence-electron chi connectivity index (χ1n) is 8.54. The molecule has 0 aliphatic carbocycles. The number of amides is 1. The topological polar surface area (TPSA) is 50.2 Å². The molecule has 2 aliphatic heterocycles. The number of hydrogen-bond donors (Lipinski definition) is 1. The first-order valence-corrected chi connectivity index (χ1v) is 8.54. The molecule has 1 aromatic heterocycles. The van der Waals surface area contributed by atoms with Crippen LogP contribution in [0.1, 0.15) is 63.0 Å². The number of carbonyl (C=O) groups is 1. The smallest absolute Gasteiger partial charge is 0.257 e. The predicted octanol–water partition coefficient (Wildman–Crippen LogP) is 2.59. The van der Waals surface area contributed by atoms with Crippen molar-refractivity contribution in [1.29, 1.82) is 0 Å². The number of rotatable bonds is 2. The summed E-state index contributed by atoms with van der Waals surface area (Å²) in [5, 5.41) is 7.98. The summed E-state index contributed by atoms with van der Waals surface area (Å²) in [6, 6.07) is 0.748. The van der Waals surface area contributed by atoms with Gasteiger partial charge in [-0.15, -0.1) is 12.4 Å².